The molecule has 0 atom stereocenters. The number of rotatable bonds is 1. The lowest BCUT2D eigenvalue weighted by Gasteiger charge is -2.08. The van der Waals surface area contributed by atoms with Gasteiger partial charge in [0.25, 0.3) is 0 Å². The molecule has 1 nitrogen and oxygen atoms in total. The second kappa shape index (κ2) is 2.54. The summed E-state index contributed by atoms with van der Waals surface area (Å²) < 4.78 is 0. The molecule has 2 rings (SSSR count). The zero-order valence-corrected chi connectivity index (χ0v) is 7.30. The summed E-state index contributed by atoms with van der Waals surface area (Å²) in [6, 6.07) is 4.01. The minimum absolute atomic E-state index is 0.688. The average molecular weight is 157 g/mol. The maximum absolute atomic E-state index is 5.88. The van der Waals surface area contributed by atoms with E-state index in [0.29, 0.717) is 5.92 Å². The molecule has 0 saturated heterocycles. The van der Waals surface area contributed by atoms with E-state index in [-0.39, 0.29) is 0 Å². The molecule has 2 N–H and O–H groups in total. The van der Waals surface area contributed by atoms with Crippen LogP contribution in [0.5, 0.6) is 0 Å². The molecule has 60 valence electrons. The smallest absolute Gasteiger partial charge is 0.114 e. The molecule has 2 heteroatoms. The zero-order valence-electron chi connectivity index (χ0n) is 7.30. The predicted molar refractivity (Wildman–Crippen MR) is 53.0 cm³/mol. The first-order chi connectivity index (χ1) is 5.68. The summed E-state index contributed by atoms with van der Waals surface area (Å²) >= 11 is 0. The molecule has 0 bridgehead atoms. The number of anilines is 1. The lowest BCUT2D eigenvalue weighted by molar-refractivity contribution is 1.14. The topological polar surface area (TPSA) is 26.0 Å². The average Bonchev–Trinajstić information content (AvgIpc) is 2.79. The number of hydrogen-bond donors (Lipinski definition) is 1. The molecule has 12 heavy (non-hydrogen) atoms. The quantitative estimate of drug-likeness (QED) is 0.481. The SMILES string of the molecule is [B]c1cc(C2CC2)c(N)cc1C. The normalized spacial score (nSPS) is 16.4. The van der Waals surface area contributed by atoms with Crippen LogP contribution in [0, 0.1) is 6.92 Å². The van der Waals surface area contributed by atoms with Gasteiger partial charge in [0.2, 0.25) is 0 Å². The summed E-state index contributed by atoms with van der Waals surface area (Å²) in [5, 5.41) is 0. The predicted octanol–water partition coefficient (Wildman–Crippen LogP) is 1.25. The molecule has 1 aromatic rings. The van der Waals surface area contributed by atoms with Crippen molar-refractivity contribution in [2.45, 2.75) is 25.7 Å². The van der Waals surface area contributed by atoms with Gasteiger partial charge in [0.15, 0.2) is 0 Å². The van der Waals surface area contributed by atoms with Crippen molar-refractivity contribution in [3.05, 3.63) is 23.3 Å². The fraction of sp³-hybridized carbons (Fsp3) is 0.400. The minimum atomic E-state index is 0.688. The molecule has 1 aliphatic rings. The third-order valence-corrected chi connectivity index (χ3v) is 2.49. The second-order valence-corrected chi connectivity index (χ2v) is 3.61. The Morgan fingerprint density at radius 3 is 2.67 bits per heavy atom. The van der Waals surface area contributed by atoms with Crippen molar-refractivity contribution < 1.29 is 0 Å². The van der Waals surface area contributed by atoms with Gasteiger partial charge in [-0.1, -0.05) is 17.1 Å². The molecule has 2 radical (unpaired) electrons. The maximum atomic E-state index is 5.88. The Morgan fingerprint density at radius 2 is 2.08 bits per heavy atom. The Hall–Kier alpha value is -0.915. The van der Waals surface area contributed by atoms with Crippen molar-refractivity contribution in [2.75, 3.05) is 5.73 Å². The summed E-state index contributed by atoms with van der Waals surface area (Å²) in [6.07, 6.45) is 2.54. The van der Waals surface area contributed by atoms with Gasteiger partial charge in [0, 0.05) is 5.69 Å². The summed E-state index contributed by atoms with van der Waals surface area (Å²) in [5.41, 5.74) is 9.98. The largest absolute Gasteiger partial charge is 0.398 e. The number of aryl methyl sites for hydroxylation is 1. The van der Waals surface area contributed by atoms with Crippen LogP contribution in [0.2, 0.25) is 0 Å². The Morgan fingerprint density at radius 1 is 1.42 bits per heavy atom. The Labute approximate surface area is 74.4 Å². The standard InChI is InChI=1S/C10H12BN/c1-6-4-10(12)8(5-9(6)11)7-2-3-7/h4-5,7H,2-3,12H2,1H3. The maximum Gasteiger partial charge on any atom is 0.114 e. The summed E-state index contributed by atoms with van der Waals surface area (Å²) in [4.78, 5) is 0. The first-order valence-corrected chi connectivity index (χ1v) is 4.34. The van der Waals surface area contributed by atoms with Gasteiger partial charge in [0.05, 0.1) is 0 Å². The van der Waals surface area contributed by atoms with Gasteiger partial charge in [-0.3, -0.25) is 0 Å². The van der Waals surface area contributed by atoms with Crippen LogP contribution < -0.4 is 11.2 Å². The highest BCUT2D eigenvalue weighted by Crippen LogP contribution is 2.42. The van der Waals surface area contributed by atoms with E-state index in [9.17, 15) is 0 Å². The molecule has 1 aromatic carbocycles. The monoisotopic (exact) mass is 157 g/mol. The highest BCUT2D eigenvalue weighted by atomic mass is 14.6. The third-order valence-electron chi connectivity index (χ3n) is 2.49. The van der Waals surface area contributed by atoms with Gasteiger partial charge in [0.1, 0.15) is 7.85 Å². The van der Waals surface area contributed by atoms with E-state index in [4.69, 9.17) is 13.6 Å². The van der Waals surface area contributed by atoms with Gasteiger partial charge in [-0.05, 0) is 37.3 Å². The summed E-state index contributed by atoms with van der Waals surface area (Å²) in [5.74, 6) is 0.688. The molecule has 0 aromatic heterocycles. The van der Waals surface area contributed by atoms with Crippen LogP contribution in [0.1, 0.15) is 29.9 Å². The molecule has 0 amide bonds. The van der Waals surface area contributed by atoms with Gasteiger partial charge >= 0.3 is 0 Å². The number of nitrogens with two attached hydrogens (primary N) is 1. The van der Waals surface area contributed by atoms with Gasteiger partial charge < -0.3 is 5.73 Å². The highest BCUT2D eigenvalue weighted by Gasteiger charge is 2.25. The van der Waals surface area contributed by atoms with E-state index in [1.165, 1.54) is 18.4 Å². The van der Waals surface area contributed by atoms with Crippen LogP contribution in [-0.4, -0.2) is 7.85 Å². The van der Waals surface area contributed by atoms with Crippen LogP contribution in [0.4, 0.5) is 5.69 Å². The van der Waals surface area contributed by atoms with Gasteiger partial charge in [-0.15, -0.1) is 0 Å². The molecule has 0 spiro atoms. The van der Waals surface area contributed by atoms with E-state index < -0.39 is 0 Å². The van der Waals surface area contributed by atoms with Crippen LogP contribution in [-0.2, 0) is 0 Å². The summed E-state index contributed by atoms with van der Waals surface area (Å²) in [7, 11) is 5.80. The first kappa shape index (κ1) is 7.72. The van der Waals surface area contributed by atoms with E-state index in [1.807, 2.05) is 19.1 Å². The molecule has 1 fully saturated rings. The van der Waals surface area contributed by atoms with Gasteiger partial charge in [-0.2, -0.15) is 0 Å². The van der Waals surface area contributed by atoms with Crippen LogP contribution in [0.15, 0.2) is 12.1 Å². The van der Waals surface area contributed by atoms with Crippen molar-refractivity contribution in [3.8, 4) is 0 Å². The van der Waals surface area contributed by atoms with Crippen molar-refractivity contribution in [3.63, 3.8) is 0 Å². The Bertz CT molecular complexity index is 316. The third kappa shape index (κ3) is 1.22. The molecular formula is C10H12BN. The zero-order chi connectivity index (χ0) is 8.72. The van der Waals surface area contributed by atoms with Crippen LogP contribution >= 0.6 is 0 Å². The summed E-state index contributed by atoms with van der Waals surface area (Å²) in [6.45, 7) is 1.99. The molecule has 0 aliphatic heterocycles. The van der Waals surface area contributed by atoms with Crippen molar-refractivity contribution in [1.82, 2.24) is 0 Å². The molecule has 1 saturated carbocycles. The molecule has 1 aliphatic carbocycles. The van der Waals surface area contributed by atoms with E-state index >= 15 is 0 Å². The van der Waals surface area contributed by atoms with E-state index in [0.717, 1.165) is 16.7 Å². The first-order valence-electron chi connectivity index (χ1n) is 4.34. The number of hydrogen-bond acceptors (Lipinski definition) is 1. The Balaban J connectivity index is 2.47. The van der Waals surface area contributed by atoms with Crippen molar-refractivity contribution in [1.29, 1.82) is 0 Å². The number of nitrogen functional groups attached to an aromatic ring is 1. The fourth-order valence-electron chi connectivity index (χ4n) is 1.51. The minimum Gasteiger partial charge on any atom is -0.398 e. The lowest BCUT2D eigenvalue weighted by Crippen LogP contribution is -2.10. The van der Waals surface area contributed by atoms with E-state index in [2.05, 4.69) is 0 Å². The second-order valence-electron chi connectivity index (χ2n) is 3.61. The molecule has 0 unspecified atom stereocenters. The lowest BCUT2D eigenvalue weighted by atomic mass is 9.88. The molecule has 0 heterocycles. The van der Waals surface area contributed by atoms with E-state index in [1.54, 1.807) is 0 Å². The molecular weight excluding hydrogens is 145 g/mol. The fourth-order valence-corrected chi connectivity index (χ4v) is 1.51. The van der Waals surface area contributed by atoms with Crippen molar-refractivity contribution >= 4 is 19.0 Å². The number of benzene rings is 1. The van der Waals surface area contributed by atoms with Crippen LogP contribution in [0.3, 0.4) is 0 Å². The van der Waals surface area contributed by atoms with Gasteiger partial charge in [-0.25, -0.2) is 0 Å². The highest BCUT2D eigenvalue weighted by molar-refractivity contribution is 6.33. The van der Waals surface area contributed by atoms with Crippen molar-refractivity contribution in [2.24, 2.45) is 0 Å². The Kier molecular flexibility index (Phi) is 1.64. The van der Waals surface area contributed by atoms with Crippen LogP contribution in [0.25, 0.3) is 0 Å².